The number of anilines is 1. The first-order valence-electron chi connectivity index (χ1n) is 7.69. The third kappa shape index (κ3) is 3.90. The van der Waals surface area contributed by atoms with E-state index in [4.69, 9.17) is 5.11 Å². The van der Waals surface area contributed by atoms with Crippen LogP contribution in [0.5, 0.6) is 0 Å². The number of benzene rings is 1. The van der Waals surface area contributed by atoms with E-state index in [1.807, 2.05) is 0 Å². The smallest absolute Gasteiger partial charge is 0.435 e. The van der Waals surface area contributed by atoms with Crippen molar-refractivity contribution < 1.29 is 23.1 Å². The van der Waals surface area contributed by atoms with Crippen LogP contribution in [0.25, 0.3) is 11.1 Å². The SMILES string of the molecule is O=C(O)N1CCN(c2cc(-c3ccc(Br)cc3)c(C(F)(F)F)nn2)CC1. The minimum Gasteiger partial charge on any atom is -0.465 e. The lowest BCUT2D eigenvalue weighted by Gasteiger charge is -2.33. The van der Waals surface area contributed by atoms with Crippen molar-refractivity contribution in [3.05, 3.63) is 40.5 Å². The quantitative estimate of drug-likeness (QED) is 0.785. The molecular weight excluding hydrogens is 417 g/mol. The molecule has 26 heavy (non-hydrogen) atoms. The fourth-order valence-corrected chi connectivity index (χ4v) is 2.99. The van der Waals surface area contributed by atoms with Crippen LogP contribution in [0.1, 0.15) is 5.69 Å². The van der Waals surface area contributed by atoms with Gasteiger partial charge in [0.1, 0.15) is 0 Å². The van der Waals surface area contributed by atoms with Crippen molar-refractivity contribution in [3.63, 3.8) is 0 Å². The van der Waals surface area contributed by atoms with Gasteiger partial charge in [0.25, 0.3) is 0 Å². The highest BCUT2D eigenvalue weighted by Crippen LogP contribution is 2.37. The van der Waals surface area contributed by atoms with Crippen molar-refractivity contribution >= 4 is 27.8 Å². The molecule has 0 spiro atoms. The summed E-state index contributed by atoms with van der Waals surface area (Å²) in [7, 11) is 0. The van der Waals surface area contributed by atoms with Crippen LogP contribution in [0.3, 0.4) is 0 Å². The Kier molecular flexibility index (Phi) is 5.03. The van der Waals surface area contributed by atoms with Gasteiger partial charge in [0.15, 0.2) is 11.5 Å². The average molecular weight is 431 g/mol. The van der Waals surface area contributed by atoms with Gasteiger partial charge in [0.05, 0.1) is 0 Å². The molecule has 2 aromatic rings. The molecule has 3 rings (SSSR count). The van der Waals surface area contributed by atoms with Gasteiger partial charge in [0.2, 0.25) is 0 Å². The van der Waals surface area contributed by atoms with Crippen LogP contribution in [0.2, 0.25) is 0 Å². The van der Waals surface area contributed by atoms with Gasteiger partial charge in [-0.25, -0.2) is 4.79 Å². The topological polar surface area (TPSA) is 69.6 Å². The Hall–Kier alpha value is -2.36. The number of alkyl halides is 3. The van der Waals surface area contributed by atoms with E-state index in [1.54, 1.807) is 29.2 Å². The summed E-state index contributed by atoms with van der Waals surface area (Å²) in [6.45, 7) is 1.19. The second-order valence-electron chi connectivity index (χ2n) is 5.73. The molecule has 0 saturated carbocycles. The highest BCUT2D eigenvalue weighted by atomic mass is 79.9. The molecule has 1 N–H and O–H groups in total. The molecule has 2 heterocycles. The fraction of sp³-hybridized carbons (Fsp3) is 0.312. The maximum atomic E-state index is 13.3. The summed E-state index contributed by atoms with van der Waals surface area (Å²) in [5.41, 5.74) is -0.732. The summed E-state index contributed by atoms with van der Waals surface area (Å²) in [5.74, 6) is 0.293. The lowest BCUT2D eigenvalue weighted by Crippen LogP contribution is -2.48. The monoisotopic (exact) mass is 430 g/mol. The largest absolute Gasteiger partial charge is 0.465 e. The third-order valence-electron chi connectivity index (χ3n) is 4.08. The first-order chi connectivity index (χ1) is 12.3. The van der Waals surface area contributed by atoms with E-state index >= 15 is 0 Å². The van der Waals surface area contributed by atoms with Crippen LogP contribution >= 0.6 is 15.9 Å². The molecule has 0 radical (unpaired) electrons. The predicted molar refractivity (Wildman–Crippen MR) is 92.0 cm³/mol. The molecule has 1 saturated heterocycles. The summed E-state index contributed by atoms with van der Waals surface area (Å²) < 4.78 is 40.7. The van der Waals surface area contributed by atoms with E-state index < -0.39 is 18.0 Å². The number of rotatable bonds is 2. The first kappa shape index (κ1) is 18.4. The maximum Gasteiger partial charge on any atom is 0.435 e. The molecule has 1 fully saturated rings. The van der Waals surface area contributed by atoms with Gasteiger partial charge in [-0.1, -0.05) is 28.1 Å². The summed E-state index contributed by atoms with van der Waals surface area (Å²) in [6, 6.07) is 7.81. The highest BCUT2D eigenvalue weighted by Gasteiger charge is 2.37. The second-order valence-corrected chi connectivity index (χ2v) is 6.64. The Labute approximate surface area is 155 Å². The van der Waals surface area contributed by atoms with E-state index in [1.165, 1.54) is 11.0 Å². The van der Waals surface area contributed by atoms with Crippen LogP contribution in [-0.2, 0) is 6.18 Å². The van der Waals surface area contributed by atoms with Crippen molar-refractivity contribution in [1.29, 1.82) is 0 Å². The van der Waals surface area contributed by atoms with Crippen LogP contribution in [0.4, 0.5) is 23.8 Å². The molecule has 10 heteroatoms. The van der Waals surface area contributed by atoms with Gasteiger partial charge < -0.3 is 14.9 Å². The number of hydrogen-bond donors (Lipinski definition) is 1. The van der Waals surface area contributed by atoms with Gasteiger partial charge in [-0.05, 0) is 23.8 Å². The zero-order valence-corrected chi connectivity index (χ0v) is 15.0. The van der Waals surface area contributed by atoms with Gasteiger partial charge in [-0.2, -0.15) is 13.2 Å². The number of halogens is 4. The van der Waals surface area contributed by atoms with Gasteiger partial charge >= 0.3 is 12.3 Å². The standard InChI is InChI=1S/C16H14BrF3N4O2/c17-11-3-1-10(2-4-11)12-9-13(21-22-14(12)16(18,19)20)23-5-7-24(8-6-23)15(25)26/h1-4,9H,5-8H2,(H,25,26). The molecule has 138 valence electrons. The lowest BCUT2D eigenvalue weighted by molar-refractivity contribution is -0.141. The van der Waals surface area contributed by atoms with Crippen molar-refractivity contribution in [2.45, 2.75) is 6.18 Å². The minimum atomic E-state index is -4.63. The number of carboxylic acid groups (broad SMARTS) is 1. The predicted octanol–water partition coefficient (Wildman–Crippen LogP) is 3.72. The van der Waals surface area contributed by atoms with E-state index in [9.17, 15) is 18.0 Å². The van der Waals surface area contributed by atoms with Crippen LogP contribution in [-0.4, -0.2) is 52.5 Å². The van der Waals surface area contributed by atoms with E-state index in [-0.39, 0.29) is 18.7 Å². The fourth-order valence-electron chi connectivity index (χ4n) is 2.72. The average Bonchev–Trinajstić information content (AvgIpc) is 2.61. The van der Waals surface area contributed by atoms with Crippen molar-refractivity contribution in [3.8, 4) is 11.1 Å². The molecule has 0 unspecified atom stereocenters. The van der Waals surface area contributed by atoms with E-state index in [0.717, 1.165) is 4.47 Å². The maximum absolute atomic E-state index is 13.3. The Bertz CT molecular complexity index is 806. The van der Waals surface area contributed by atoms with E-state index in [2.05, 4.69) is 26.1 Å². The molecular formula is C16H14BrF3N4O2. The van der Waals surface area contributed by atoms with Gasteiger partial charge in [-0.15, -0.1) is 10.2 Å². The zero-order chi connectivity index (χ0) is 18.9. The number of amides is 1. The highest BCUT2D eigenvalue weighted by molar-refractivity contribution is 9.10. The summed E-state index contributed by atoms with van der Waals surface area (Å²) >= 11 is 3.26. The Morgan fingerprint density at radius 2 is 1.69 bits per heavy atom. The first-order valence-corrected chi connectivity index (χ1v) is 8.48. The van der Waals surface area contributed by atoms with Gasteiger partial charge in [0, 0.05) is 36.2 Å². The van der Waals surface area contributed by atoms with Crippen molar-refractivity contribution in [2.75, 3.05) is 31.1 Å². The molecule has 1 aliphatic heterocycles. The van der Waals surface area contributed by atoms with Crippen LogP contribution < -0.4 is 4.90 Å². The molecule has 0 bridgehead atoms. The zero-order valence-electron chi connectivity index (χ0n) is 13.4. The van der Waals surface area contributed by atoms with Gasteiger partial charge in [-0.3, -0.25) is 0 Å². The van der Waals surface area contributed by atoms with Crippen LogP contribution in [0.15, 0.2) is 34.8 Å². The Balaban J connectivity index is 1.95. The molecule has 1 aromatic heterocycles. The minimum absolute atomic E-state index is 0.0596. The summed E-state index contributed by atoms with van der Waals surface area (Å²) in [6.07, 6.45) is -5.64. The summed E-state index contributed by atoms with van der Waals surface area (Å²) in [4.78, 5) is 14.0. The molecule has 1 aliphatic rings. The number of carbonyl (C=O) groups is 1. The Morgan fingerprint density at radius 3 is 2.23 bits per heavy atom. The number of piperazine rings is 1. The summed E-state index contributed by atoms with van der Waals surface area (Å²) in [5, 5.41) is 16.1. The third-order valence-corrected chi connectivity index (χ3v) is 4.61. The molecule has 1 aromatic carbocycles. The number of aromatic nitrogens is 2. The molecule has 0 aliphatic carbocycles. The molecule has 1 amide bonds. The van der Waals surface area contributed by atoms with Crippen molar-refractivity contribution in [2.24, 2.45) is 0 Å². The Morgan fingerprint density at radius 1 is 1.08 bits per heavy atom. The number of hydrogen-bond acceptors (Lipinski definition) is 4. The normalized spacial score (nSPS) is 15.2. The van der Waals surface area contributed by atoms with E-state index in [0.29, 0.717) is 24.5 Å². The lowest BCUT2D eigenvalue weighted by atomic mass is 10.0. The van der Waals surface area contributed by atoms with Crippen molar-refractivity contribution in [1.82, 2.24) is 15.1 Å². The number of nitrogens with zero attached hydrogens (tertiary/aromatic N) is 4. The molecule has 6 nitrogen and oxygen atoms in total. The second kappa shape index (κ2) is 7.10. The molecule has 0 atom stereocenters. The van der Waals surface area contributed by atoms with Crippen LogP contribution in [0, 0.1) is 0 Å².